The molecule has 3 rings (SSSR count). The maximum atomic E-state index is 12.3. The van der Waals surface area contributed by atoms with Gasteiger partial charge in [-0.25, -0.2) is 9.59 Å². The quantitative estimate of drug-likeness (QED) is 0.645. The molecule has 1 heterocycles. The fourth-order valence-corrected chi connectivity index (χ4v) is 3.89. The van der Waals surface area contributed by atoms with Crippen LogP contribution in [0.15, 0.2) is 36.4 Å². The van der Waals surface area contributed by atoms with Crippen LogP contribution < -0.4 is 10.6 Å². The third-order valence-electron chi connectivity index (χ3n) is 5.30. The van der Waals surface area contributed by atoms with E-state index in [0.717, 1.165) is 30.5 Å². The Morgan fingerprint density at radius 2 is 1.88 bits per heavy atom. The lowest BCUT2D eigenvalue weighted by Crippen LogP contribution is -2.33. The summed E-state index contributed by atoms with van der Waals surface area (Å²) in [5.41, 5.74) is 1.67. The number of aromatic nitrogens is 2. The Bertz CT molecular complexity index is 918. The van der Waals surface area contributed by atoms with Crippen molar-refractivity contribution in [3.8, 4) is 0 Å². The van der Waals surface area contributed by atoms with Crippen molar-refractivity contribution in [3.63, 3.8) is 0 Å². The van der Waals surface area contributed by atoms with Crippen molar-refractivity contribution < 1.29 is 19.1 Å². The minimum Gasteiger partial charge on any atom is -0.446 e. The third-order valence-corrected chi connectivity index (χ3v) is 5.30. The molecule has 32 heavy (non-hydrogen) atoms. The number of rotatable bonds is 6. The molecule has 0 aliphatic heterocycles. The molecule has 0 spiro atoms. The van der Waals surface area contributed by atoms with Gasteiger partial charge in [0.15, 0.2) is 5.82 Å². The van der Waals surface area contributed by atoms with Gasteiger partial charge in [-0.05, 0) is 59.4 Å². The smallest absolute Gasteiger partial charge is 0.413 e. The van der Waals surface area contributed by atoms with Crippen LogP contribution in [0, 0.1) is 0 Å². The molecule has 8 heteroatoms. The van der Waals surface area contributed by atoms with Gasteiger partial charge in [0.2, 0.25) is 0 Å². The molecule has 0 radical (unpaired) electrons. The van der Waals surface area contributed by atoms with Crippen LogP contribution in [-0.4, -0.2) is 34.1 Å². The first-order chi connectivity index (χ1) is 15.1. The standard InChI is InChI=1S/C24H34N4O4/c1-16(2)25-23(30)32-19-12-11-18(13-19)20-14-21(27-28(20)24(3,4)5)26-22(29)31-15-17-9-7-6-8-10-17/h6-10,14,16,18-19H,11-13,15H2,1-5H3,(H,25,30)(H,26,27,29)/t18-,19+/m0/s1. The molecular weight excluding hydrogens is 408 g/mol. The highest BCUT2D eigenvalue weighted by Crippen LogP contribution is 2.38. The molecule has 0 bridgehead atoms. The number of carbonyl (C=O) groups excluding carboxylic acids is 2. The Hall–Kier alpha value is -3.03. The van der Waals surface area contributed by atoms with Crippen LogP contribution in [0.3, 0.4) is 0 Å². The van der Waals surface area contributed by atoms with Crippen LogP contribution in [-0.2, 0) is 21.6 Å². The molecule has 0 unspecified atom stereocenters. The van der Waals surface area contributed by atoms with Crippen LogP contribution in [0.5, 0.6) is 0 Å². The predicted octanol–water partition coefficient (Wildman–Crippen LogP) is 5.16. The number of ether oxygens (including phenoxy) is 2. The molecule has 174 valence electrons. The van der Waals surface area contributed by atoms with Gasteiger partial charge in [-0.2, -0.15) is 5.10 Å². The van der Waals surface area contributed by atoms with E-state index in [1.807, 2.05) is 54.9 Å². The van der Waals surface area contributed by atoms with E-state index in [0.29, 0.717) is 5.82 Å². The molecule has 1 saturated carbocycles. The number of hydrogen-bond donors (Lipinski definition) is 2. The van der Waals surface area contributed by atoms with Gasteiger partial charge < -0.3 is 14.8 Å². The van der Waals surface area contributed by atoms with E-state index in [4.69, 9.17) is 9.47 Å². The minimum absolute atomic E-state index is 0.0392. The Labute approximate surface area is 189 Å². The summed E-state index contributed by atoms with van der Waals surface area (Å²) in [7, 11) is 0. The number of nitrogens with zero attached hydrogens (tertiary/aromatic N) is 2. The van der Waals surface area contributed by atoms with E-state index in [2.05, 4.69) is 36.5 Å². The summed E-state index contributed by atoms with van der Waals surface area (Å²) in [6.07, 6.45) is 1.36. The van der Waals surface area contributed by atoms with Crippen molar-refractivity contribution in [1.29, 1.82) is 0 Å². The third kappa shape index (κ3) is 6.48. The number of carbonyl (C=O) groups is 2. The summed E-state index contributed by atoms with van der Waals surface area (Å²) in [4.78, 5) is 24.2. The van der Waals surface area contributed by atoms with Gasteiger partial charge in [-0.15, -0.1) is 0 Å². The predicted molar refractivity (Wildman–Crippen MR) is 123 cm³/mol. The van der Waals surface area contributed by atoms with Gasteiger partial charge in [0.25, 0.3) is 0 Å². The van der Waals surface area contributed by atoms with Crippen molar-refractivity contribution in [2.75, 3.05) is 5.32 Å². The molecule has 2 atom stereocenters. The topological polar surface area (TPSA) is 94.5 Å². The number of amides is 2. The average Bonchev–Trinajstić information content (AvgIpc) is 3.33. The zero-order valence-electron chi connectivity index (χ0n) is 19.6. The Morgan fingerprint density at radius 3 is 2.53 bits per heavy atom. The van der Waals surface area contributed by atoms with E-state index in [9.17, 15) is 9.59 Å². The van der Waals surface area contributed by atoms with Crippen molar-refractivity contribution in [3.05, 3.63) is 47.7 Å². The summed E-state index contributed by atoms with van der Waals surface area (Å²) in [6.45, 7) is 10.2. The summed E-state index contributed by atoms with van der Waals surface area (Å²) in [5.74, 6) is 0.643. The van der Waals surface area contributed by atoms with Gasteiger partial charge in [0.05, 0.1) is 5.54 Å². The molecule has 0 saturated heterocycles. The fraction of sp³-hybridized carbons (Fsp3) is 0.542. The van der Waals surface area contributed by atoms with Crippen LogP contribution in [0.4, 0.5) is 15.4 Å². The van der Waals surface area contributed by atoms with E-state index in [-0.39, 0.29) is 36.3 Å². The molecule has 1 fully saturated rings. The first-order valence-electron chi connectivity index (χ1n) is 11.2. The van der Waals surface area contributed by atoms with Gasteiger partial charge in [-0.3, -0.25) is 10.00 Å². The van der Waals surface area contributed by atoms with Crippen LogP contribution >= 0.6 is 0 Å². The molecular formula is C24H34N4O4. The van der Waals surface area contributed by atoms with Crippen molar-refractivity contribution in [2.45, 2.75) is 84.1 Å². The van der Waals surface area contributed by atoms with Gasteiger partial charge >= 0.3 is 12.2 Å². The minimum atomic E-state index is -0.544. The Balaban J connectivity index is 1.65. The van der Waals surface area contributed by atoms with Gasteiger partial charge in [0.1, 0.15) is 12.7 Å². The second-order valence-corrected chi connectivity index (χ2v) is 9.56. The highest BCUT2D eigenvalue weighted by Gasteiger charge is 2.33. The zero-order chi connectivity index (χ0) is 23.3. The summed E-state index contributed by atoms with van der Waals surface area (Å²) in [5, 5.41) is 10.1. The second-order valence-electron chi connectivity index (χ2n) is 9.56. The number of anilines is 1. The number of alkyl carbamates (subject to hydrolysis) is 1. The lowest BCUT2D eigenvalue weighted by Gasteiger charge is -2.24. The number of hydrogen-bond acceptors (Lipinski definition) is 5. The average molecular weight is 443 g/mol. The highest BCUT2D eigenvalue weighted by molar-refractivity contribution is 5.83. The first kappa shape index (κ1) is 23.6. The molecule has 1 aromatic heterocycles. The van der Waals surface area contributed by atoms with Gasteiger partial charge in [0, 0.05) is 23.7 Å². The molecule has 1 aromatic carbocycles. The molecule has 1 aliphatic rings. The molecule has 2 N–H and O–H groups in total. The largest absolute Gasteiger partial charge is 0.446 e. The van der Waals surface area contributed by atoms with Crippen molar-refractivity contribution >= 4 is 18.0 Å². The number of benzene rings is 1. The van der Waals surface area contributed by atoms with E-state index in [1.165, 1.54) is 0 Å². The normalized spacial score (nSPS) is 18.4. The number of nitrogens with one attached hydrogen (secondary N) is 2. The highest BCUT2D eigenvalue weighted by atomic mass is 16.6. The van der Waals surface area contributed by atoms with Crippen molar-refractivity contribution in [2.24, 2.45) is 0 Å². The Kier molecular flexibility index (Phi) is 7.43. The molecule has 2 aromatic rings. The summed E-state index contributed by atoms with van der Waals surface area (Å²) in [6, 6.07) is 11.5. The second kappa shape index (κ2) is 10.1. The lowest BCUT2D eigenvalue weighted by atomic mass is 10.0. The maximum absolute atomic E-state index is 12.3. The van der Waals surface area contributed by atoms with E-state index in [1.54, 1.807) is 0 Å². The van der Waals surface area contributed by atoms with E-state index >= 15 is 0 Å². The Morgan fingerprint density at radius 1 is 1.16 bits per heavy atom. The molecule has 1 aliphatic carbocycles. The summed E-state index contributed by atoms with van der Waals surface area (Å²) >= 11 is 0. The zero-order valence-corrected chi connectivity index (χ0v) is 19.6. The van der Waals surface area contributed by atoms with Crippen LogP contribution in [0.25, 0.3) is 0 Å². The van der Waals surface area contributed by atoms with Crippen LogP contribution in [0.2, 0.25) is 0 Å². The first-order valence-corrected chi connectivity index (χ1v) is 11.2. The maximum Gasteiger partial charge on any atom is 0.413 e. The van der Waals surface area contributed by atoms with Crippen molar-refractivity contribution in [1.82, 2.24) is 15.1 Å². The summed E-state index contributed by atoms with van der Waals surface area (Å²) < 4.78 is 12.8. The monoisotopic (exact) mass is 442 g/mol. The van der Waals surface area contributed by atoms with E-state index < -0.39 is 6.09 Å². The molecule has 2 amide bonds. The van der Waals surface area contributed by atoms with Crippen LogP contribution in [0.1, 0.15) is 71.1 Å². The van der Waals surface area contributed by atoms with Gasteiger partial charge in [-0.1, -0.05) is 30.3 Å². The SMILES string of the molecule is CC(C)NC(=O)O[C@@H]1CC[C@H](c2cc(NC(=O)OCc3ccccc3)nn2C(C)(C)C)C1. The molecule has 8 nitrogen and oxygen atoms in total. The fourth-order valence-electron chi connectivity index (χ4n) is 3.89. The lowest BCUT2D eigenvalue weighted by molar-refractivity contribution is 0.0979.